The molecule has 0 aliphatic rings. The van der Waals surface area contributed by atoms with Gasteiger partial charge in [0.2, 0.25) is 0 Å². The molecule has 0 saturated carbocycles. The van der Waals surface area contributed by atoms with E-state index in [4.69, 9.17) is 0 Å². The summed E-state index contributed by atoms with van der Waals surface area (Å²) in [4.78, 5) is 21.4. The van der Waals surface area contributed by atoms with Gasteiger partial charge < -0.3 is 9.47 Å². The fourth-order valence-electron chi connectivity index (χ4n) is 0.555. The van der Waals surface area contributed by atoms with E-state index >= 15 is 0 Å². The van der Waals surface area contributed by atoms with Crippen LogP contribution in [0.1, 0.15) is 6.92 Å². The largest absolute Gasteiger partial charge is 0.469 e. The van der Waals surface area contributed by atoms with Crippen LogP contribution in [0.2, 0.25) is 0 Å². The van der Waals surface area contributed by atoms with Crippen LogP contribution in [0.4, 0.5) is 0 Å². The smallest absolute Gasteiger partial charge is 0.330 e. The summed E-state index contributed by atoms with van der Waals surface area (Å²) in [6.07, 6.45) is 2.62. The summed E-state index contributed by atoms with van der Waals surface area (Å²) >= 11 is 0. The van der Waals surface area contributed by atoms with E-state index in [1.165, 1.54) is 26.4 Å². The van der Waals surface area contributed by atoms with Gasteiger partial charge in [-0.2, -0.15) is 0 Å². The van der Waals surface area contributed by atoms with Crippen molar-refractivity contribution in [1.82, 2.24) is 0 Å². The molecule has 0 rings (SSSR count). The highest BCUT2D eigenvalue weighted by Crippen LogP contribution is 1.99. The van der Waals surface area contributed by atoms with Crippen LogP contribution in [0.5, 0.6) is 0 Å². The van der Waals surface area contributed by atoms with E-state index in [0.717, 1.165) is 0 Å². The number of esters is 2. The van der Waals surface area contributed by atoms with Crippen molar-refractivity contribution in [3.05, 3.63) is 12.2 Å². The second-order valence-corrected chi connectivity index (χ2v) is 2.19. The Bertz CT molecular complexity index is 195. The van der Waals surface area contributed by atoms with Crippen LogP contribution in [0, 0.1) is 5.92 Å². The van der Waals surface area contributed by atoms with Gasteiger partial charge >= 0.3 is 11.9 Å². The molecule has 1 atom stereocenters. The molecular formula is C8H12O4. The van der Waals surface area contributed by atoms with Gasteiger partial charge in [-0.25, -0.2) is 4.79 Å². The van der Waals surface area contributed by atoms with Crippen molar-refractivity contribution in [2.75, 3.05) is 14.2 Å². The molecule has 68 valence electrons. The first-order valence-corrected chi connectivity index (χ1v) is 3.45. The van der Waals surface area contributed by atoms with Crippen molar-refractivity contribution >= 4 is 11.9 Å². The van der Waals surface area contributed by atoms with Gasteiger partial charge in [-0.1, -0.05) is 6.08 Å². The summed E-state index contributed by atoms with van der Waals surface area (Å²) in [6, 6.07) is 0. The monoisotopic (exact) mass is 172 g/mol. The molecule has 0 aliphatic heterocycles. The van der Waals surface area contributed by atoms with Crippen LogP contribution in [-0.2, 0) is 19.1 Å². The van der Waals surface area contributed by atoms with Crippen LogP contribution in [0.15, 0.2) is 12.2 Å². The molecule has 4 heteroatoms. The van der Waals surface area contributed by atoms with Crippen LogP contribution in [0.25, 0.3) is 0 Å². The third kappa shape index (κ3) is 3.75. The number of ether oxygens (including phenoxy) is 2. The molecule has 0 radical (unpaired) electrons. The average molecular weight is 172 g/mol. The minimum atomic E-state index is -0.481. The van der Waals surface area contributed by atoms with Crippen LogP contribution in [0.3, 0.4) is 0 Å². The quantitative estimate of drug-likeness (QED) is 0.460. The normalized spacial score (nSPS) is 12.6. The lowest BCUT2D eigenvalue weighted by atomic mass is 10.2. The molecule has 0 amide bonds. The fraction of sp³-hybridized carbons (Fsp3) is 0.500. The maximum Gasteiger partial charge on any atom is 0.330 e. The molecule has 0 fully saturated rings. The zero-order valence-electron chi connectivity index (χ0n) is 7.37. The molecular weight excluding hydrogens is 160 g/mol. The van der Waals surface area contributed by atoms with Gasteiger partial charge in [-0.15, -0.1) is 0 Å². The van der Waals surface area contributed by atoms with Crippen molar-refractivity contribution in [3.8, 4) is 0 Å². The van der Waals surface area contributed by atoms with E-state index in [-0.39, 0.29) is 5.97 Å². The summed E-state index contributed by atoms with van der Waals surface area (Å²) in [6.45, 7) is 1.63. The number of hydrogen-bond donors (Lipinski definition) is 0. The summed E-state index contributed by atoms with van der Waals surface area (Å²) in [5, 5.41) is 0. The first-order chi connectivity index (χ1) is 5.61. The van der Waals surface area contributed by atoms with Crippen molar-refractivity contribution in [1.29, 1.82) is 0 Å². The van der Waals surface area contributed by atoms with Crippen molar-refractivity contribution < 1.29 is 19.1 Å². The van der Waals surface area contributed by atoms with Gasteiger partial charge in [-0.3, -0.25) is 4.79 Å². The minimum absolute atomic E-state index is 0.379. The zero-order valence-corrected chi connectivity index (χ0v) is 7.37. The zero-order chi connectivity index (χ0) is 9.56. The van der Waals surface area contributed by atoms with E-state index < -0.39 is 11.9 Å². The van der Waals surface area contributed by atoms with Crippen molar-refractivity contribution in [2.24, 2.45) is 5.92 Å². The van der Waals surface area contributed by atoms with Gasteiger partial charge in [0.05, 0.1) is 20.1 Å². The Morgan fingerprint density at radius 2 is 1.83 bits per heavy atom. The molecule has 0 aromatic heterocycles. The maximum absolute atomic E-state index is 10.8. The van der Waals surface area contributed by atoms with Crippen molar-refractivity contribution in [3.63, 3.8) is 0 Å². The lowest BCUT2D eigenvalue weighted by Gasteiger charge is -2.01. The van der Waals surface area contributed by atoms with Crippen LogP contribution >= 0.6 is 0 Å². The van der Waals surface area contributed by atoms with Gasteiger partial charge in [-0.05, 0) is 6.92 Å². The second-order valence-electron chi connectivity index (χ2n) is 2.19. The van der Waals surface area contributed by atoms with E-state index in [9.17, 15) is 9.59 Å². The summed E-state index contributed by atoms with van der Waals surface area (Å²) in [5.41, 5.74) is 0. The van der Waals surface area contributed by atoms with E-state index in [1.807, 2.05) is 0 Å². The van der Waals surface area contributed by atoms with Gasteiger partial charge in [0.25, 0.3) is 0 Å². The molecule has 0 aliphatic carbocycles. The van der Waals surface area contributed by atoms with Crippen LogP contribution in [-0.4, -0.2) is 26.2 Å². The molecule has 0 saturated heterocycles. The Balaban J connectivity index is 3.98. The summed E-state index contributed by atoms with van der Waals surface area (Å²) in [7, 11) is 2.57. The molecule has 4 nitrogen and oxygen atoms in total. The molecule has 12 heavy (non-hydrogen) atoms. The summed E-state index contributed by atoms with van der Waals surface area (Å²) < 4.78 is 8.77. The van der Waals surface area contributed by atoms with Gasteiger partial charge in [0.1, 0.15) is 0 Å². The Kier molecular flexibility index (Phi) is 4.76. The predicted octanol–water partition coefficient (Wildman–Crippen LogP) is 0.525. The predicted molar refractivity (Wildman–Crippen MR) is 42.3 cm³/mol. The lowest BCUT2D eigenvalue weighted by Crippen LogP contribution is -2.10. The average Bonchev–Trinajstić information content (AvgIpc) is 2.11. The van der Waals surface area contributed by atoms with E-state index in [1.54, 1.807) is 6.92 Å². The summed E-state index contributed by atoms with van der Waals surface area (Å²) in [5.74, 6) is -1.28. The fourth-order valence-corrected chi connectivity index (χ4v) is 0.555. The topological polar surface area (TPSA) is 52.6 Å². The first-order valence-electron chi connectivity index (χ1n) is 3.45. The number of hydrogen-bond acceptors (Lipinski definition) is 4. The number of carbonyl (C=O) groups is 2. The molecule has 0 aromatic carbocycles. The first kappa shape index (κ1) is 10.7. The number of rotatable bonds is 3. The lowest BCUT2D eigenvalue weighted by molar-refractivity contribution is -0.143. The molecule has 0 heterocycles. The van der Waals surface area contributed by atoms with Crippen molar-refractivity contribution in [2.45, 2.75) is 6.92 Å². The standard InChI is InChI=1S/C8H12O4/c1-6(8(10)12-3)4-5-7(9)11-2/h4-6H,1-3H3/b5-4+. The van der Waals surface area contributed by atoms with Crippen LogP contribution < -0.4 is 0 Å². The number of carbonyl (C=O) groups excluding carboxylic acids is 2. The highest BCUT2D eigenvalue weighted by atomic mass is 16.5. The number of methoxy groups -OCH3 is 2. The van der Waals surface area contributed by atoms with E-state index in [2.05, 4.69) is 9.47 Å². The van der Waals surface area contributed by atoms with Gasteiger partial charge in [0, 0.05) is 6.08 Å². The highest BCUT2D eigenvalue weighted by Gasteiger charge is 2.08. The minimum Gasteiger partial charge on any atom is -0.469 e. The molecule has 0 N–H and O–H groups in total. The Morgan fingerprint density at radius 1 is 1.25 bits per heavy atom. The maximum atomic E-state index is 10.8. The highest BCUT2D eigenvalue weighted by molar-refractivity contribution is 5.83. The molecule has 0 aromatic rings. The SMILES string of the molecule is COC(=O)/C=C/C(C)C(=O)OC. The third-order valence-electron chi connectivity index (χ3n) is 1.30. The Labute approximate surface area is 71.2 Å². The molecule has 0 spiro atoms. The second kappa shape index (κ2) is 5.35. The third-order valence-corrected chi connectivity index (χ3v) is 1.30. The Hall–Kier alpha value is -1.32. The Morgan fingerprint density at radius 3 is 2.25 bits per heavy atom. The molecule has 1 unspecified atom stereocenters. The molecule has 0 bridgehead atoms. The van der Waals surface area contributed by atoms with E-state index in [0.29, 0.717) is 0 Å². The van der Waals surface area contributed by atoms with Gasteiger partial charge in [0.15, 0.2) is 0 Å².